The zero-order valence-electron chi connectivity index (χ0n) is 10.2. The summed E-state index contributed by atoms with van der Waals surface area (Å²) in [6.45, 7) is -1.23. The van der Waals surface area contributed by atoms with Gasteiger partial charge in [0.25, 0.3) is 5.56 Å². The maximum absolute atomic E-state index is 14.1. The molecule has 2 rings (SSSR count). The summed E-state index contributed by atoms with van der Waals surface area (Å²) in [6.07, 6.45) is -4.32. The summed E-state index contributed by atoms with van der Waals surface area (Å²) in [4.78, 5) is 26.4. The van der Waals surface area contributed by atoms with Gasteiger partial charge in [-0.25, -0.2) is 4.79 Å². The standard InChI is InChI=1S/C9H9F2N5O5/c10-9(11)5(19)8(3-17,14-15-12)21-6(9)16-2-1-4(18)13-7(16)20/h1-2,5-6,17,19H,3H2,(H,13,18,20)/t5-,6-,8?/m1/s1. The van der Waals surface area contributed by atoms with Gasteiger partial charge in [0.05, 0.1) is 6.61 Å². The molecule has 21 heavy (non-hydrogen) atoms. The van der Waals surface area contributed by atoms with Crippen LogP contribution in [0.25, 0.3) is 10.4 Å². The average Bonchev–Trinajstić information content (AvgIpc) is 2.61. The molecule has 1 unspecified atom stereocenters. The summed E-state index contributed by atoms with van der Waals surface area (Å²) < 4.78 is 33.2. The minimum atomic E-state index is -4.06. The van der Waals surface area contributed by atoms with Gasteiger partial charge in [-0.05, 0) is 5.53 Å². The topological polar surface area (TPSA) is 153 Å². The molecule has 0 spiro atoms. The molecule has 0 amide bonds. The van der Waals surface area contributed by atoms with Crippen molar-refractivity contribution in [2.24, 2.45) is 5.11 Å². The largest absolute Gasteiger partial charge is 0.393 e. The number of azide groups is 1. The predicted molar refractivity (Wildman–Crippen MR) is 61.4 cm³/mol. The third-order valence-corrected chi connectivity index (χ3v) is 2.98. The maximum Gasteiger partial charge on any atom is 0.330 e. The van der Waals surface area contributed by atoms with Gasteiger partial charge in [0.1, 0.15) is 0 Å². The highest BCUT2D eigenvalue weighted by Crippen LogP contribution is 2.48. The van der Waals surface area contributed by atoms with E-state index in [0.29, 0.717) is 4.57 Å². The number of nitrogens with zero attached hydrogens (tertiary/aromatic N) is 4. The molecule has 114 valence electrons. The van der Waals surface area contributed by atoms with Crippen LogP contribution in [0.4, 0.5) is 8.78 Å². The van der Waals surface area contributed by atoms with Crippen LogP contribution in [-0.2, 0) is 4.74 Å². The zero-order chi connectivity index (χ0) is 15.8. The van der Waals surface area contributed by atoms with Crippen molar-refractivity contribution in [2.75, 3.05) is 6.61 Å². The molecule has 1 saturated heterocycles. The molecule has 1 aromatic rings. The molecule has 0 aliphatic carbocycles. The van der Waals surface area contributed by atoms with E-state index in [-0.39, 0.29) is 0 Å². The number of nitrogens with one attached hydrogen (secondary N) is 1. The van der Waals surface area contributed by atoms with Crippen LogP contribution >= 0.6 is 0 Å². The smallest absolute Gasteiger partial charge is 0.330 e. The Morgan fingerprint density at radius 1 is 1.57 bits per heavy atom. The lowest BCUT2D eigenvalue weighted by atomic mass is 10.1. The van der Waals surface area contributed by atoms with Gasteiger partial charge in [0.2, 0.25) is 12.0 Å². The third-order valence-electron chi connectivity index (χ3n) is 2.98. The highest BCUT2D eigenvalue weighted by molar-refractivity contribution is 5.05. The second-order valence-electron chi connectivity index (χ2n) is 4.26. The van der Waals surface area contributed by atoms with Crippen LogP contribution in [0.15, 0.2) is 27.0 Å². The fourth-order valence-corrected chi connectivity index (χ4v) is 1.94. The number of aromatic nitrogens is 2. The SMILES string of the molecule is [N-]=[N+]=NC1(CO)O[C@@H](n2ccc(=O)[nH]c2=O)C(F)(F)[C@@H]1O. The lowest BCUT2D eigenvalue weighted by molar-refractivity contribution is -0.144. The molecule has 0 bridgehead atoms. The Morgan fingerprint density at radius 3 is 2.76 bits per heavy atom. The Balaban J connectivity index is 2.58. The highest BCUT2D eigenvalue weighted by Gasteiger charge is 2.67. The van der Waals surface area contributed by atoms with E-state index < -0.39 is 41.8 Å². The monoisotopic (exact) mass is 305 g/mol. The minimum Gasteiger partial charge on any atom is -0.393 e. The number of halogens is 2. The molecule has 0 aromatic carbocycles. The molecule has 0 radical (unpaired) electrons. The number of ether oxygens (including phenoxy) is 1. The Morgan fingerprint density at radius 2 is 2.24 bits per heavy atom. The van der Waals surface area contributed by atoms with E-state index in [1.165, 1.54) is 0 Å². The molecule has 10 nitrogen and oxygen atoms in total. The van der Waals surface area contributed by atoms with E-state index in [1.54, 1.807) is 4.98 Å². The molecule has 1 fully saturated rings. The predicted octanol–water partition coefficient (Wildman–Crippen LogP) is -0.939. The molecule has 3 atom stereocenters. The average molecular weight is 305 g/mol. The molecular weight excluding hydrogens is 296 g/mol. The zero-order valence-corrected chi connectivity index (χ0v) is 10.2. The lowest BCUT2D eigenvalue weighted by Crippen LogP contribution is -2.47. The Kier molecular flexibility index (Phi) is 3.55. The normalized spacial score (nSPS) is 30.9. The van der Waals surface area contributed by atoms with Gasteiger partial charge in [-0.15, -0.1) is 0 Å². The van der Waals surface area contributed by atoms with E-state index >= 15 is 0 Å². The number of H-pyrrole nitrogens is 1. The van der Waals surface area contributed by atoms with Crippen molar-refractivity contribution < 1.29 is 23.7 Å². The summed E-state index contributed by atoms with van der Waals surface area (Å²) in [6, 6.07) is 0.791. The van der Waals surface area contributed by atoms with Gasteiger partial charge < -0.3 is 14.9 Å². The van der Waals surface area contributed by atoms with Crippen LogP contribution in [0.2, 0.25) is 0 Å². The number of hydrogen-bond donors (Lipinski definition) is 3. The molecule has 2 heterocycles. The molecule has 12 heteroatoms. The van der Waals surface area contributed by atoms with Crippen LogP contribution in [0.5, 0.6) is 0 Å². The van der Waals surface area contributed by atoms with E-state index in [4.69, 9.17) is 15.4 Å². The summed E-state index contributed by atoms with van der Waals surface area (Å²) in [5.41, 5.74) is 3.68. The van der Waals surface area contributed by atoms with E-state index in [0.717, 1.165) is 12.3 Å². The van der Waals surface area contributed by atoms with Crippen LogP contribution in [0.1, 0.15) is 6.23 Å². The third kappa shape index (κ3) is 2.19. The summed E-state index contributed by atoms with van der Waals surface area (Å²) in [5.74, 6) is -4.06. The van der Waals surface area contributed by atoms with Crippen molar-refractivity contribution in [3.05, 3.63) is 43.5 Å². The quantitative estimate of drug-likeness (QED) is 0.373. The summed E-state index contributed by atoms with van der Waals surface area (Å²) >= 11 is 0. The second kappa shape index (κ2) is 4.93. The van der Waals surface area contributed by atoms with Crippen molar-refractivity contribution in [3.8, 4) is 0 Å². The van der Waals surface area contributed by atoms with Gasteiger partial charge >= 0.3 is 11.6 Å². The molecule has 1 aliphatic heterocycles. The highest BCUT2D eigenvalue weighted by atomic mass is 19.3. The van der Waals surface area contributed by atoms with E-state index in [9.17, 15) is 23.5 Å². The first-order chi connectivity index (χ1) is 9.78. The fourth-order valence-electron chi connectivity index (χ4n) is 1.94. The van der Waals surface area contributed by atoms with E-state index in [1.807, 2.05) is 0 Å². The van der Waals surface area contributed by atoms with Gasteiger partial charge in [-0.2, -0.15) is 8.78 Å². The van der Waals surface area contributed by atoms with Crippen molar-refractivity contribution in [1.29, 1.82) is 0 Å². The molecule has 3 N–H and O–H groups in total. The van der Waals surface area contributed by atoms with Crippen LogP contribution < -0.4 is 11.2 Å². The maximum atomic E-state index is 14.1. The first-order valence-corrected chi connectivity index (χ1v) is 5.51. The van der Waals surface area contributed by atoms with Gasteiger partial charge in [-0.3, -0.25) is 14.3 Å². The van der Waals surface area contributed by atoms with Crippen molar-refractivity contribution in [1.82, 2.24) is 9.55 Å². The first kappa shape index (κ1) is 15.1. The van der Waals surface area contributed by atoms with Crippen molar-refractivity contribution in [2.45, 2.75) is 24.0 Å². The van der Waals surface area contributed by atoms with Crippen LogP contribution in [-0.4, -0.2) is 44.1 Å². The minimum absolute atomic E-state index is 0.314. The molecular formula is C9H9F2N5O5. The summed E-state index contributed by atoms with van der Waals surface area (Å²) in [5, 5.41) is 21.6. The Bertz CT molecular complexity index is 711. The van der Waals surface area contributed by atoms with Crippen LogP contribution in [0, 0.1) is 0 Å². The number of alkyl halides is 2. The number of aliphatic hydroxyl groups excluding tert-OH is 2. The fraction of sp³-hybridized carbons (Fsp3) is 0.556. The van der Waals surface area contributed by atoms with Crippen molar-refractivity contribution in [3.63, 3.8) is 0 Å². The number of aromatic amines is 1. The van der Waals surface area contributed by atoms with Gasteiger partial charge in [0.15, 0.2) is 6.10 Å². The molecule has 1 aromatic heterocycles. The number of aliphatic hydroxyl groups is 2. The lowest BCUT2D eigenvalue weighted by Gasteiger charge is -2.23. The number of hydrogen-bond acceptors (Lipinski definition) is 6. The molecule has 1 aliphatic rings. The first-order valence-electron chi connectivity index (χ1n) is 5.51. The van der Waals surface area contributed by atoms with Gasteiger partial charge in [0, 0.05) is 17.2 Å². The van der Waals surface area contributed by atoms with Gasteiger partial charge in [-0.1, -0.05) is 5.11 Å². The van der Waals surface area contributed by atoms with Crippen molar-refractivity contribution >= 4 is 0 Å². The summed E-state index contributed by atoms with van der Waals surface area (Å²) in [7, 11) is 0. The van der Waals surface area contributed by atoms with E-state index in [2.05, 4.69) is 10.0 Å². The second-order valence-corrected chi connectivity index (χ2v) is 4.26. The Labute approximate surface area is 113 Å². The Hall–Kier alpha value is -2.27. The molecule has 0 saturated carbocycles. The number of rotatable bonds is 3. The van der Waals surface area contributed by atoms with Crippen LogP contribution in [0.3, 0.4) is 0 Å².